The molecule has 0 bridgehead atoms. The SMILES string of the molecule is CNCCCCN(C)c1ccc(OC(C)C)cc1. The highest BCUT2D eigenvalue weighted by molar-refractivity contribution is 5.48. The first-order valence-corrected chi connectivity index (χ1v) is 6.76. The van der Waals surface area contributed by atoms with Crippen LogP contribution in [0.5, 0.6) is 5.75 Å². The molecule has 3 nitrogen and oxygen atoms in total. The van der Waals surface area contributed by atoms with Gasteiger partial charge in [0.15, 0.2) is 0 Å². The second kappa shape index (κ2) is 7.98. The van der Waals surface area contributed by atoms with Crippen molar-refractivity contribution in [1.82, 2.24) is 5.32 Å². The lowest BCUT2D eigenvalue weighted by Gasteiger charge is -2.20. The summed E-state index contributed by atoms with van der Waals surface area (Å²) in [5.41, 5.74) is 1.25. The Labute approximate surface area is 111 Å². The maximum absolute atomic E-state index is 5.64. The van der Waals surface area contributed by atoms with Crippen LogP contribution in [0.15, 0.2) is 24.3 Å². The zero-order valence-electron chi connectivity index (χ0n) is 12.1. The van der Waals surface area contributed by atoms with Gasteiger partial charge in [0, 0.05) is 19.3 Å². The maximum atomic E-state index is 5.64. The molecular weight excluding hydrogens is 224 g/mol. The standard InChI is InChI=1S/C15H26N2O/c1-13(2)18-15-9-7-14(8-10-15)17(4)12-6-5-11-16-3/h7-10,13,16H,5-6,11-12H2,1-4H3. The van der Waals surface area contributed by atoms with Crippen LogP contribution in [0.25, 0.3) is 0 Å². The normalized spacial score (nSPS) is 10.7. The van der Waals surface area contributed by atoms with E-state index in [1.807, 2.05) is 33.0 Å². The van der Waals surface area contributed by atoms with Gasteiger partial charge in [-0.15, -0.1) is 0 Å². The summed E-state index contributed by atoms with van der Waals surface area (Å²) in [6, 6.07) is 8.32. The van der Waals surface area contributed by atoms with E-state index in [0.717, 1.165) is 18.8 Å². The molecule has 102 valence electrons. The highest BCUT2D eigenvalue weighted by Gasteiger charge is 2.02. The lowest BCUT2D eigenvalue weighted by Crippen LogP contribution is -2.19. The first-order chi connectivity index (χ1) is 8.63. The highest BCUT2D eigenvalue weighted by atomic mass is 16.5. The van der Waals surface area contributed by atoms with Crippen LogP contribution in [0.2, 0.25) is 0 Å². The number of anilines is 1. The van der Waals surface area contributed by atoms with Crippen molar-refractivity contribution in [1.29, 1.82) is 0 Å². The van der Waals surface area contributed by atoms with E-state index in [9.17, 15) is 0 Å². The van der Waals surface area contributed by atoms with Crippen molar-refractivity contribution in [3.05, 3.63) is 24.3 Å². The predicted octanol–water partition coefficient (Wildman–Crippen LogP) is 2.91. The summed E-state index contributed by atoms with van der Waals surface area (Å²) in [6.07, 6.45) is 2.66. The van der Waals surface area contributed by atoms with E-state index in [2.05, 4.69) is 29.4 Å². The van der Waals surface area contributed by atoms with Gasteiger partial charge in [0.2, 0.25) is 0 Å². The fourth-order valence-electron chi connectivity index (χ4n) is 1.83. The summed E-state index contributed by atoms with van der Waals surface area (Å²) in [7, 11) is 4.13. The van der Waals surface area contributed by atoms with E-state index in [-0.39, 0.29) is 6.10 Å². The van der Waals surface area contributed by atoms with E-state index in [4.69, 9.17) is 4.74 Å². The fourth-order valence-corrected chi connectivity index (χ4v) is 1.83. The zero-order chi connectivity index (χ0) is 13.4. The number of hydrogen-bond donors (Lipinski definition) is 1. The minimum absolute atomic E-state index is 0.232. The monoisotopic (exact) mass is 250 g/mol. The first kappa shape index (κ1) is 14.8. The average molecular weight is 250 g/mol. The second-order valence-corrected chi connectivity index (χ2v) is 4.89. The minimum Gasteiger partial charge on any atom is -0.491 e. The van der Waals surface area contributed by atoms with E-state index >= 15 is 0 Å². The largest absolute Gasteiger partial charge is 0.491 e. The quantitative estimate of drug-likeness (QED) is 0.718. The molecule has 0 atom stereocenters. The molecule has 0 aliphatic carbocycles. The molecule has 1 aromatic rings. The third-order valence-electron chi connectivity index (χ3n) is 2.82. The molecule has 1 rings (SSSR count). The molecule has 0 saturated carbocycles. The molecule has 1 aromatic carbocycles. The van der Waals surface area contributed by atoms with Gasteiger partial charge in [0.25, 0.3) is 0 Å². The van der Waals surface area contributed by atoms with E-state index in [0.29, 0.717) is 0 Å². The van der Waals surface area contributed by atoms with Crippen molar-refractivity contribution in [2.24, 2.45) is 0 Å². The Morgan fingerprint density at radius 1 is 1.17 bits per heavy atom. The van der Waals surface area contributed by atoms with Gasteiger partial charge in [0.1, 0.15) is 5.75 Å². The van der Waals surface area contributed by atoms with Gasteiger partial charge >= 0.3 is 0 Å². The van der Waals surface area contributed by atoms with Crippen LogP contribution in [0, 0.1) is 0 Å². The number of nitrogens with zero attached hydrogens (tertiary/aromatic N) is 1. The lowest BCUT2D eigenvalue weighted by atomic mass is 10.2. The molecule has 0 aliphatic heterocycles. The molecule has 0 aromatic heterocycles. The number of rotatable bonds is 8. The summed E-state index contributed by atoms with van der Waals surface area (Å²) in [4.78, 5) is 2.29. The third-order valence-corrected chi connectivity index (χ3v) is 2.82. The van der Waals surface area contributed by atoms with E-state index in [1.54, 1.807) is 0 Å². The number of benzene rings is 1. The summed E-state index contributed by atoms with van der Waals surface area (Å²) >= 11 is 0. The Balaban J connectivity index is 2.41. The topological polar surface area (TPSA) is 24.5 Å². The Bertz CT molecular complexity index is 322. The number of ether oxygens (including phenoxy) is 1. The van der Waals surface area contributed by atoms with Crippen LogP contribution in [-0.4, -0.2) is 33.3 Å². The molecule has 0 unspecified atom stereocenters. The Hall–Kier alpha value is -1.22. The van der Waals surface area contributed by atoms with Crippen molar-refractivity contribution in [3.8, 4) is 5.75 Å². The smallest absolute Gasteiger partial charge is 0.119 e. The van der Waals surface area contributed by atoms with Crippen LogP contribution in [0.4, 0.5) is 5.69 Å². The summed E-state index contributed by atoms with van der Waals surface area (Å²) in [6.45, 7) is 6.27. The van der Waals surface area contributed by atoms with Gasteiger partial charge in [-0.3, -0.25) is 0 Å². The molecule has 3 heteroatoms. The maximum Gasteiger partial charge on any atom is 0.119 e. The van der Waals surface area contributed by atoms with Gasteiger partial charge in [-0.2, -0.15) is 0 Å². The van der Waals surface area contributed by atoms with E-state index in [1.165, 1.54) is 18.5 Å². The van der Waals surface area contributed by atoms with Crippen LogP contribution >= 0.6 is 0 Å². The molecule has 0 radical (unpaired) electrons. The van der Waals surface area contributed by atoms with Crippen molar-refractivity contribution in [2.45, 2.75) is 32.8 Å². The minimum atomic E-state index is 0.232. The molecule has 0 spiro atoms. The van der Waals surface area contributed by atoms with Gasteiger partial charge in [0.05, 0.1) is 6.10 Å². The molecule has 18 heavy (non-hydrogen) atoms. The third kappa shape index (κ3) is 5.41. The van der Waals surface area contributed by atoms with E-state index < -0.39 is 0 Å². The van der Waals surface area contributed by atoms with Crippen molar-refractivity contribution >= 4 is 5.69 Å². The van der Waals surface area contributed by atoms with Crippen LogP contribution in [-0.2, 0) is 0 Å². The van der Waals surface area contributed by atoms with Crippen LogP contribution in [0.3, 0.4) is 0 Å². The zero-order valence-corrected chi connectivity index (χ0v) is 12.1. The van der Waals surface area contributed by atoms with Crippen molar-refractivity contribution < 1.29 is 4.74 Å². The molecular formula is C15H26N2O. The number of hydrogen-bond acceptors (Lipinski definition) is 3. The molecule has 0 fully saturated rings. The molecule has 0 amide bonds. The molecule has 1 N–H and O–H groups in total. The Kier molecular flexibility index (Phi) is 6.58. The first-order valence-electron chi connectivity index (χ1n) is 6.76. The second-order valence-electron chi connectivity index (χ2n) is 4.89. The van der Waals surface area contributed by atoms with Crippen LogP contribution < -0.4 is 15.0 Å². The molecule has 0 saturated heterocycles. The Morgan fingerprint density at radius 3 is 2.39 bits per heavy atom. The van der Waals surface area contributed by atoms with Gasteiger partial charge in [-0.05, 0) is 64.5 Å². The molecule has 0 heterocycles. The number of nitrogens with one attached hydrogen (secondary N) is 1. The summed E-state index contributed by atoms with van der Waals surface area (Å²) < 4.78 is 5.64. The predicted molar refractivity (Wildman–Crippen MR) is 78.6 cm³/mol. The Morgan fingerprint density at radius 2 is 1.83 bits per heavy atom. The summed E-state index contributed by atoms with van der Waals surface area (Å²) in [5.74, 6) is 0.942. The number of unbranched alkanes of at least 4 members (excludes halogenated alkanes) is 1. The van der Waals surface area contributed by atoms with Gasteiger partial charge in [-0.1, -0.05) is 0 Å². The van der Waals surface area contributed by atoms with Crippen molar-refractivity contribution in [2.75, 3.05) is 32.1 Å². The average Bonchev–Trinajstić information content (AvgIpc) is 2.34. The van der Waals surface area contributed by atoms with Gasteiger partial charge < -0.3 is 15.0 Å². The molecule has 0 aliphatic rings. The highest BCUT2D eigenvalue weighted by Crippen LogP contribution is 2.19. The summed E-state index contributed by atoms with van der Waals surface area (Å²) in [5, 5.41) is 3.17. The van der Waals surface area contributed by atoms with Crippen molar-refractivity contribution in [3.63, 3.8) is 0 Å². The fraction of sp³-hybridized carbons (Fsp3) is 0.600. The van der Waals surface area contributed by atoms with Crippen LogP contribution in [0.1, 0.15) is 26.7 Å². The van der Waals surface area contributed by atoms with Gasteiger partial charge in [-0.25, -0.2) is 0 Å². The lowest BCUT2D eigenvalue weighted by molar-refractivity contribution is 0.242.